The Balaban J connectivity index is -0.0000000667. The Morgan fingerprint density at radius 2 is 1.67 bits per heavy atom. The van der Waals surface area contributed by atoms with Gasteiger partial charge in [-0.3, -0.25) is 0 Å². The van der Waals surface area contributed by atoms with Crippen LogP contribution in [0.3, 0.4) is 0 Å². The SMILES string of the molecule is CCCC[n+]1ccn(C)c1.Cl.Cl.Cl.Cl.[Ni]. The molecule has 0 aromatic carbocycles. The molecule has 0 saturated carbocycles. The normalized spacial score (nSPS) is 6.80. The zero-order valence-corrected chi connectivity index (χ0v) is 13.0. The second kappa shape index (κ2) is 17.3. The molecule has 1 rings (SSSR count). The van der Waals surface area contributed by atoms with Crippen molar-refractivity contribution >= 4 is 49.6 Å². The number of aryl methyl sites for hydroxylation is 2. The van der Waals surface area contributed by atoms with Crippen LogP contribution < -0.4 is 4.57 Å². The third-order valence-electron chi connectivity index (χ3n) is 1.59. The molecule has 0 amide bonds. The first-order valence-corrected chi connectivity index (χ1v) is 3.84. The van der Waals surface area contributed by atoms with Crippen molar-refractivity contribution in [1.82, 2.24) is 4.57 Å². The summed E-state index contributed by atoms with van der Waals surface area (Å²) in [5, 5.41) is 0. The second-order valence-corrected chi connectivity index (χ2v) is 2.67. The van der Waals surface area contributed by atoms with E-state index in [2.05, 4.69) is 34.8 Å². The van der Waals surface area contributed by atoms with Gasteiger partial charge < -0.3 is 0 Å². The molecule has 2 nitrogen and oxygen atoms in total. The Labute approximate surface area is 127 Å². The van der Waals surface area contributed by atoms with Crippen LogP contribution in [0, 0.1) is 0 Å². The van der Waals surface area contributed by atoms with E-state index in [1.165, 1.54) is 12.8 Å². The largest absolute Gasteiger partial charge is 0.243 e. The number of unbranched alkanes of at least 4 members (excludes halogenated alkanes) is 1. The summed E-state index contributed by atoms with van der Waals surface area (Å²) in [7, 11) is 2.04. The Bertz CT molecular complexity index is 208. The van der Waals surface area contributed by atoms with Gasteiger partial charge in [-0.05, 0) is 6.42 Å². The summed E-state index contributed by atoms with van der Waals surface area (Å²) in [6.45, 7) is 3.36. The molecule has 0 bridgehead atoms. The third-order valence-corrected chi connectivity index (χ3v) is 1.59. The molecule has 1 aromatic rings. The third kappa shape index (κ3) is 12.8. The molecular formula is C8H19Cl4N2Ni+. The Hall–Kier alpha value is 0.864. The number of aromatic nitrogens is 2. The predicted octanol–water partition coefficient (Wildman–Crippen LogP) is 2.80. The van der Waals surface area contributed by atoms with Crippen LogP contribution in [-0.4, -0.2) is 4.57 Å². The fourth-order valence-electron chi connectivity index (χ4n) is 0.975. The summed E-state index contributed by atoms with van der Waals surface area (Å²) in [4.78, 5) is 0. The smallest absolute Gasteiger partial charge is 0.240 e. The molecule has 7 heteroatoms. The summed E-state index contributed by atoms with van der Waals surface area (Å²) >= 11 is 0. The van der Waals surface area contributed by atoms with E-state index in [1.54, 1.807) is 0 Å². The minimum absolute atomic E-state index is 0. The molecule has 1 aromatic heterocycles. The minimum atomic E-state index is 0. The van der Waals surface area contributed by atoms with E-state index < -0.39 is 0 Å². The average molecular weight is 344 g/mol. The molecule has 1 heterocycles. The molecule has 0 aliphatic carbocycles. The van der Waals surface area contributed by atoms with Gasteiger partial charge in [-0.2, -0.15) is 0 Å². The van der Waals surface area contributed by atoms with Gasteiger partial charge in [-0.25, -0.2) is 9.13 Å². The van der Waals surface area contributed by atoms with Crippen LogP contribution in [0.25, 0.3) is 0 Å². The van der Waals surface area contributed by atoms with E-state index in [-0.39, 0.29) is 66.1 Å². The maximum absolute atomic E-state index is 2.21. The first kappa shape index (κ1) is 29.7. The van der Waals surface area contributed by atoms with Gasteiger partial charge in [-0.15, -0.1) is 49.6 Å². The van der Waals surface area contributed by atoms with Gasteiger partial charge in [0, 0.05) is 16.5 Å². The molecule has 0 aliphatic heterocycles. The van der Waals surface area contributed by atoms with Gasteiger partial charge in [-0.1, -0.05) is 13.3 Å². The number of rotatable bonds is 3. The van der Waals surface area contributed by atoms with Gasteiger partial charge in [0.1, 0.15) is 12.4 Å². The molecule has 15 heavy (non-hydrogen) atoms. The van der Waals surface area contributed by atoms with Crippen molar-refractivity contribution in [3.63, 3.8) is 0 Å². The van der Waals surface area contributed by atoms with Gasteiger partial charge >= 0.3 is 0 Å². The van der Waals surface area contributed by atoms with Gasteiger partial charge in [0.25, 0.3) is 0 Å². The van der Waals surface area contributed by atoms with Gasteiger partial charge in [0.05, 0.1) is 13.6 Å². The fourth-order valence-corrected chi connectivity index (χ4v) is 0.975. The molecule has 0 spiro atoms. The summed E-state index contributed by atoms with van der Waals surface area (Å²) in [5.41, 5.74) is 0. The molecule has 0 aliphatic rings. The number of hydrogen-bond acceptors (Lipinski definition) is 0. The zero-order valence-electron chi connectivity index (χ0n) is 8.70. The van der Waals surface area contributed by atoms with Crippen LogP contribution in [0.2, 0.25) is 0 Å². The average Bonchev–Trinajstić information content (AvgIpc) is 2.31. The van der Waals surface area contributed by atoms with E-state index in [9.17, 15) is 0 Å². The number of imidazole rings is 1. The van der Waals surface area contributed by atoms with Gasteiger partial charge in [0.2, 0.25) is 6.33 Å². The monoisotopic (exact) mass is 341 g/mol. The Morgan fingerprint density at radius 3 is 2.00 bits per heavy atom. The van der Waals surface area contributed by atoms with Crippen molar-refractivity contribution in [2.24, 2.45) is 7.05 Å². The molecule has 0 radical (unpaired) electrons. The van der Waals surface area contributed by atoms with Crippen molar-refractivity contribution in [2.75, 3.05) is 0 Å². The first-order valence-electron chi connectivity index (χ1n) is 3.84. The Kier molecular flexibility index (Phi) is 34.2. The maximum atomic E-state index is 2.21. The topological polar surface area (TPSA) is 8.81 Å². The number of halogens is 4. The summed E-state index contributed by atoms with van der Waals surface area (Å²) in [6.07, 6.45) is 8.82. The van der Waals surface area contributed by atoms with Gasteiger partial charge in [0.15, 0.2) is 0 Å². The second-order valence-electron chi connectivity index (χ2n) is 2.67. The van der Waals surface area contributed by atoms with Crippen LogP contribution in [0.4, 0.5) is 0 Å². The standard InChI is InChI=1S/C8H15N2.4ClH.Ni/c1-3-4-5-10-7-6-9(2)8-10;;;;;/h6-8H,3-5H2,1-2H3;4*1H;/q+1;;;;;. The van der Waals surface area contributed by atoms with Crippen LogP contribution >= 0.6 is 49.6 Å². The van der Waals surface area contributed by atoms with Crippen molar-refractivity contribution < 1.29 is 21.1 Å². The summed E-state index contributed by atoms with van der Waals surface area (Å²) in [6, 6.07) is 0. The van der Waals surface area contributed by atoms with Crippen molar-refractivity contribution in [1.29, 1.82) is 0 Å². The zero-order chi connectivity index (χ0) is 7.40. The van der Waals surface area contributed by atoms with E-state index in [4.69, 9.17) is 0 Å². The van der Waals surface area contributed by atoms with E-state index >= 15 is 0 Å². The van der Waals surface area contributed by atoms with Crippen LogP contribution in [0.1, 0.15) is 19.8 Å². The van der Waals surface area contributed by atoms with Crippen molar-refractivity contribution in [2.45, 2.75) is 26.3 Å². The quantitative estimate of drug-likeness (QED) is 0.589. The molecule has 0 fully saturated rings. The first-order chi connectivity index (χ1) is 4.83. The van der Waals surface area contributed by atoms with Crippen LogP contribution in [-0.2, 0) is 30.1 Å². The summed E-state index contributed by atoms with van der Waals surface area (Å²) < 4.78 is 4.28. The molecular weight excluding hydrogens is 325 g/mol. The molecule has 0 atom stereocenters. The molecule has 0 saturated heterocycles. The van der Waals surface area contributed by atoms with E-state index in [0.29, 0.717) is 0 Å². The fraction of sp³-hybridized carbons (Fsp3) is 0.625. The van der Waals surface area contributed by atoms with E-state index in [1.807, 2.05) is 7.05 Å². The van der Waals surface area contributed by atoms with Crippen molar-refractivity contribution in [3.8, 4) is 0 Å². The summed E-state index contributed by atoms with van der Waals surface area (Å²) in [5.74, 6) is 0. The number of nitrogens with zero attached hydrogens (tertiary/aromatic N) is 2. The molecule has 0 N–H and O–H groups in total. The molecule has 98 valence electrons. The maximum Gasteiger partial charge on any atom is 0.243 e. The number of hydrogen-bond donors (Lipinski definition) is 0. The minimum Gasteiger partial charge on any atom is -0.240 e. The van der Waals surface area contributed by atoms with E-state index in [0.717, 1.165) is 6.54 Å². The van der Waals surface area contributed by atoms with Crippen molar-refractivity contribution in [3.05, 3.63) is 18.7 Å². The molecule has 0 unspecified atom stereocenters. The van der Waals surface area contributed by atoms with Crippen LogP contribution in [0.15, 0.2) is 18.7 Å². The van der Waals surface area contributed by atoms with Crippen LogP contribution in [0.5, 0.6) is 0 Å². The Morgan fingerprint density at radius 1 is 1.13 bits per heavy atom. The predicted molar refractivity (Wildman–Crippen MR) is 69.5 cm³/mol.